The summed E-state index contributed by atoms with van der Waals surface area (Å²) in [5.41, 5.74) is 6.46. The summed E-state index contributed by atoms with van der Waals surface area (Å²) in [5.74, 6) is 1.63. The largest absolute Gasteiger partial charge is 0.493 e. The highest BCUT2D eigenvalue weighted by Crippen LogP contribution is 2.38. The zero-order chi connectivity index (χ0) is 15.8. The number of hydrogen-bond acceptors (Lipinski definition) is 5. The minimum Gasteiger partial charge on any atom is -0.493 e. The number of carbonyl (C=O) groups is 1. The molecule has 1 unspecified atom stereocenters. The molecule has 0 aliphatic heterocycles. The molecule has 1 rings (SSSR count). The van der Waals surface area contributed by atoms with Crippen molar-refractivity contribution >= 4 is 18.3 Å². The number of carbonyl (C=O) groups excluding carboxylic acids is 1. The molecule has 1 aromatic rings. The van der Waals surface area contributed by atoms with Gasteiger partial charge in [-0.3, -0.25) is 4.79 Å². The molecule has 6 nitrogen and oxygen atoms in total. The number of ether oxygens (including phenoxy) is 3. The number of hydrogen-bond donors (Lipinski definition) is 2. The maximum atomic E-state index is 11.6. The molecule has 1 atom stereocenters. The number of halogens is 1. The van der Waals surface area contributed by atoms with Crippen LogP contribution in [0.2, 0.25) is 0 Å². The molecule has 0 heterocycles. The van der Waals surface area contributed by atoms with Gasteiger partial charge in [0.25, 0.3) is 0 Å². The molecule has 0 saturated carbocycles. The highest BCUT2D eigenvalue weighted by molar-refractivity contribution is 5.85. The molecular weight excluding hydrogens is 308 g/mol. The lowest BCUT2D eigenvalue weighted by Crippen LogP contribution is -2.29. The van der Waals surface area contributed by atoms with E-state index < -0.39 is 0 Å². The van der Waals surface area contributed by atoms with E-state index >= 15 is 0 Å². The highest BCUT2D eigenvalue weighted by Gasteiger charge is 2.14. The molecule has 0 aliphatic rings. The van der Waals surface area contributed by atoms with Gasteiger partial charge in [0.2, 0.25) is 11.7 Å². The van der Waals surface area contributed by atoms with Gasteiger partial charge in [-0.15, -0.1) is 12.4 Å². The van der Waals surface area contributed by atoms with Gasteiger partial charge < -0.3 is 25.3 Å². The average molecular weight is 333 g/mol. The van der Waals surface area contributed by atoms with Crippen LogP contribution >= 0.6 is 12.4 Å². The maximum Gasteiger partial charge on any atom is 0.221 e. The average Bonchev–Trinajstić information content (AvgIpc) is 2.45. The Bertz CT molecular complexity index is 456. The number of rotatable bonds is 8. The summed E-state index contributed by atoms with van der Waals surface area (Å²) in [6.45, 7) is 4.57. The summed E-state index contributed by atoms with van der Waals surface area (Å²) in [5, 5.41) is 2.81. The first kappa shape index (κ1) is 20.3. The van der Waals surface area contributed by atoms with E-state index in [1.54, 1.807) is 21.1 Å². The van der Waals surface area contributed by atoms with E-state index in [0.717, 1.165) is 5.56 Å². The smallest absolute Gasteiger partial charge is 0.221 e. The van der Waals surface area contributed by atoms with E-state index in [1.165, 1.54) is 0 Å². The normalized spacial score (nSPS) is 11.1. The molecule has 1 aromatic carbocycles. The van der Waals surface area contributed by atoms with Crippen LogP contribution in [0.1, 0.15) is 25.8 Å². The van der Waals surface area contributed by atoms with Crippen molar-refractivity contribution in [2.75, 3.05) is 20.8 Å². The predicted octanol–water partition coefficient (Wildman–Crippen LogP) is 1.88. The van der Waals surface area contributed by atoms with Crippen molar-refractivity contribution in [2.45, 2.75) is 32.9 Å². The monoisotopic (exact) mass is 332 g/mol. The maximum absolute atomic E-state index is 11.6. The van der Waals surface area contributed by atoms with E-state index in [4.69, 9.17) is 19.9 Å². The Kier molecular flexibility index (Phi) is 9.37. The van der Waals surface area contributed by atoms with Crippen molar-refractivity contribution in [2.24, 2.45) is 5.73 Å². The standard InChI is InChI=1S/C15H24N2O4.ClH/c1-5-21-15-12(19-3)7-11(8-13(15)20-4)9-17-14(18)6-10(2)16;/h7-8,10H,5-6,9,16H2,1-4H3,(H,17,18);1H. The van der Waals surface area contributed by atoms with Crippen molar-refractivity contribution in [3.63, 3.8) is 0 Å². The van der Waals surface area contributed by atoms with Gasteiger partial charge in [0, 0.05) is 19.0 Å². The van der Waals surface area contributed by atoms with Crippen molar-refractivity contribution in [1.82, 2.24) is 5.32 Å². The SMILES string of the molecule is CCOc1c(OC)cc(CNC(=O)CC(C)N)cc1OC.Cl. The Morgan fingerprint density at radius 2 is 1.82 bits per heavy atom. The van der Waals surface area contributed by atoms with Crippen LogP contribution in [0.4, 0.5) is 0 Å². The fourth-order valence-electron chi connectivity index (χ4n) is 1.89. The summed E-state index contributed by atoms with van der Waals surface area (Å²) in [7, 11) is 3.13. The first-order valence-electron chi connectivity index (χ1n) is 6.91. The Balaban J connectivity index is 0.00000441. The summed E-state index contributed by atoms with van der Waals surface area (Å²) in [6, 6.07) is 3.48. The first-order valence-corrected chi connectivity index (χ1v) is 6.91. The van der Waals surface area contributed by atoms with Crippen molar-refractivity contribution in [3.8, 4) is 17.2 Å². The lowest BCUT2D eigenvalue weighted by atomic mass is 10.1. The van der Waals surface area contributed by atoms with E-state index in [1.807, 2.05) is 19.1 Å². The third-order valence-corrected chi connectivity index (χ3v) is 2.81. The zero-order valence-electron chi connectivity index (χ0n) is 13.5. The molecule has 22 heavy (non-hydrogen) atoms. The van der Waals surface area contributed by atoms with Gasteiger partial charge in [0.05, 0.1) is 20.8 Å². The number of nitrogens with one attached hydrogen (secondary N) is 1. The lowest BCUT2D eigenvalue weighted by Gasteiger charge is -2.15. The van der Waals surface area contributed by atoms with Crippen LogP contribution in [0.15, 0.2) is 12.1 Å². The lowest BCUT2D eigenvalue weighted by molar-refractivity contribution is -0.121. The fourth-order valence-corrected chi connectivity index (χ4v) is 1.89. The molecule has 0 spiro atoms. The van der Waals surface area contributed by atoms with E-state index in [0.29, 0.717) is 36.8 Å². The van der Waals surface area contributed by atoms with Crippen LogP contribution in [0.5, 0.6) is 17.2 Å². The zero-order valence-corrected chi connectivity index (χ0v) is 14.3. The second-order valence-electron chi connectivity index (χ2n) is 4.72. The van der Waals surface area contributed by atoms with E-state index in [2.05, 4.69) is 5.32 Å². The molecule has 0 radical (unpaired) electrons. The molecule has 0 aromatic heterocycles. The molecule has 0 saturated heterocycles. The van der Waals surface area contributed by atoms with Crippen molar-refractivity contribution in [3.05, 3.63) is 17.7 Å². The second kappa shape index (κ2) is 10.1. The van der Waals surface area contributed by atoms with Crippen LogP contribution in [-0.4, -0.2) is 32.8 Å². The van der Waals surface area contributed by atoms with Gasteiger partial charge in [0.15, 0.2) is 11.5 Å². The number of amides is 1. The van der Waals surface area contributed by atoms with E-state index in [9.17, 15) is 4.79 Å². The summed E-state index contributed by atoms with van der Waals surface area (Å²) in [6.07, 6.45) is 0.297. The predicted molar refractivity (Wildman–Crippen MR) is 88.1 cm³/mol. The van der Waals surface area contributed by atoms with Crippen LogP contribution in [0, 0.1) is 0 Å². The summed E-state index contributed by atoms with van der Waals surface area (Å²) in [4.78, 5) is 11.6. The highest BCUT2D eigenvalue weighted by atomic mass is 35.5. The number of nitrogens with two attached hydrogens (primary N) is 1. The van der Waals surface area contributed by atoms with Gasteiger partial charge in [-0.2, -0.15) is 0 Å². The molecule has 7 heteroatoms. The van der Waals surface area contributed by atoms with Crippen molar-refractivity contribution < 1.29 is 19.0 Å². The summed E-state index contributed by atoms with van der Waals surface area (Å²) < 4.78 is 16.2. The third-order valence-electron chi connectivity index (χ3n) is 2.81. The van der Waals surface area contributed by atoms with Gasteiger partial charge in [0.1, 0.15) is 0 Å². The van der Waals surface area contributed by atoms with Gasteiger partial charge >= 0.3 is 0 Å². The third kappa shape index (κ3) is 5.99. The van der Waals surface area contributed by atoms with Crippen LogP contribution in [0.3, 0.4) is 0 Å². The summed E-state index contributed by atoms with van der Waals surface area (Å²) >= 11 is 0. The molecular formula is C15H25ClN2O4. The topological polar surface area (TPSA) is 82.8 Å². The Hall–Kier alpha value is -1.66. The van der Waals surface area contributed by atoms with Crippen molar-refractivity contribution in [1.29, 1.82) is 0 Å². The Morgan fingerprint density at radius 3 is 2.23 bits per heavy atom. The molecule has 0 fully saturated rings. The minimum absolute atomic E-state index is 0. The molecule has 0 bridgehead atoms. The Morgan fingerprint density at radius 1 is 1.27 bits per heavy atom. The van der Waals surface area contributed by atoms with Gasteiger partial charge in [-0.1, -0.05) is 0 Å². The minimum atomic E-state index is -0.158. The molecule has 3 N–H and O–H groups in total. The quantitative estimate of drug-likeness (QED) is 0.759. The molecule has 1 amide bonds. The van der Waals surface area contributed by atoms with Crippen LogP contribution in [0.25, 0.3) is 0 Å². The van der Waals surface area contributed by atoms with Gasteiger partial charge in [-0.25, -0.2) is 0 Å². The number of benzene rings is 1. The number of methoxy groups -OCH3 is 2. The first-order chi connectivity index (χ1) is 10.0. The molecule has 0 aliphatic carbocycles. The fraction of sp³-hybridized carbons (Fsp3) is 0.533. The van der Waals surface area contributed by atoms with E-state index in [-0.39, 0.29) is 24.4 Å². The van der Waals surface area contributed by atoms with Crippen LogP contribution < -0.4 is 25.3 Å². The molecule has 126 valence electrons. The van der Waals surface area contributed by atoms with Gasteiger partial charge in [-0.05, 0) is 31.5 Å². The van der Waals surface area contributed by atoms with Crippen LogP contribution in [-0.2, 0) is 11.3 Å². The second-order valence-corrected chi connectivity index (χ2v) is 4.72. The Labute approximate surface area is 137 Å².